The zero-order chi connectivity index (χ0) is 11.1. The van der Waals surface area contributed by atoms with Crippen LogP contribution in [-0.2, 0) is 4.74 Å². The van der Waals surface area contributed by atoms with Crippen LogP contribution in [0, 0.1) is 0 Å². The number of hydrogen-bond acceptors (Lipinski definition) is 2. The fourth-order valence-electron chi connectivity index (χ4n) is 2.04. The van der Waals surface area contributed by atoms with Crippen molar-refractivity contribution in [2.75, 3.05) is 6.54 Å². The third-order valence-corrected chi connectivity index (χ3v) is 3.28. The average molecular weight is 238 g/mol. The molecule has 0 spiro atoms. The first kappa shape index (κ1) is 9.97. The van der Waals surface area contributed by atoms with E-state index in [1.54, 1.807) is 0 Å². The number of ether oxygens (including phenoxy) is 1. The summed E-state index contributed by atoms with van der Waals surface area (Å²) in [4.78, 5) is 13.4. The van der Waals surface area contributed by atoms with E-state index in [2.05, 4.69) is 0 Å². The SMILES string of the molecule is O=C1OC(c2cccc(Cl)c2)CN1C1CC1. The monoisotopic (exact) mass is 237 g/mol. The van der Waals surface area contributed by atoms with Gasteiger partial charge in [0.1, 0.15) is 6.10 Å². The van der Waals surface area contributed by atoms with Gasteiger partial charge < -0.3 is 9.64 Å². The molecule has 1 atom stereocenters. The van der Waals surface area contributed by atoms with E-state index in [9.17, 15) is 4.79 Å². The standard InChI is InChI=1S/C12H12ClNO2/c13-9-3-1-2-8(6-9)11-7-14(10-4-5-10)12(15)16-11/h1-3,6,10-11H,4-5,7H2. The van der Waals surface area contributed by atoms with Crippen molar-refractivity contribution in [3.05, 3.63) is 34.9 Å². The van der Waals surface area contributed by atoms with Crippen LogP contribution in [0.1, 0.15) is 24.5 Å². The van der Waals surface area contributed by atoms with Crippen molar-refractivity contribution >= 4 is 17.7 Å². The lowest BCUT2D eigenvalue weighted by Crippen LogP contribution is -2.26. The topological polar surface area (TPSA) is 29.5 Å². The number of cyclic esters (lactones) is 1. The molecule has 84 valence electrons. The molecule has 1 unspecified atom stereocenters. The van der Waals surface area contributed by atoms with Gasteiger partial charge >= 0.3 is 6.09 Å². The van der Waals surface area contributed by atoms with Gasteiger partial charge in [-0.15, -0.1) is 0 Å². The van der Waals surface area contributed by atoms with Crippen molar-refractivity contribution in [1.29, 1.82) is 0 Å². The van der Waals surface area contributed by atoms with Crippen LogP contribution in [0.25, 0.3) is 0 Å². The lowest BCUT2D eigenvalue weighted by atomic mass is 10.1. The molecule has 0 bridgehead atoms. The van der Waals surface area contributed by atoms with Gasteiger partial charge in [0.25, 0.3) is 0 Å². The molecule has 1 aliphatic heterocycles. The van der Waals surface area contributed by atoms with Crippen LogP contribution in [0.5, 0.6) is 0 Å². The second kappa shape index (κ2) is 3.67. The largest absolute Gasteiger partial charge is 0.439 e. The molecule has 1 aromatic rings. The summed E-state index contributed by atoms with van der Waals surface area (Å²) in [6, 6.07) is 7.92. The molecular weight excluding hydrogens is 226 g/mol. The van der Waals surface area contributed by atoms with Crippen LogP contribution in [0.3, 0.4) is 0 Å². The Balaban J connectivity index is 1.79. The van der Waals surface area contributed by atoms with E-state index in [4.69, 9.17) is 16.3 Å². The van der Waals surface area contributed by atoms with Crippen LogP contribution < -0.4 is 0 Å². The molecule has 2 aliphatic rings. The fraction of sp³-hybridized carbons (Fsp3) is 0.417. The molecule has 4 heteroatoms. The highest BCUT2D eigenvalue weighted by atomic mass is 35.5. The molecule has 1 aliphatic carbocycles. The van der Waals surface area contributed by atoms with Gasteiger partial charge in [0.15, 0.2) is 0 Å². The molecule has 0 N–H and O–H groups in total. The molecule has 1 amide bonds. The van der Waals surface area contributed by atoms with Crippen LogP contribution in [0.15, 0.2) is 24.3 Å². The number of carbonyl (C=O) groups is 1. The number of hydrogen-bond donors (Lipinski definition) is 0. The Kier molecular flexibility index (Phi) is 2.28. The third-order valence-electron chi connectivity index (χ3n) is 3.05. The molecule has 3 rings (SSSR count). The zero-order valence-electron chi connectivity index (χ0n) is 8.73. The average Bonchev–Trinajstić information content (AvgIpc) is 3.02. The van der Waals surface area contributed by atoms with Crippen LogP contribution in [-0.4, -0.2) is 23.6 Å². The van der Waals surface area contributed by atoms with Crippen molar-refractivity contribution in [1.82, 2.24) is 4.90 Å². The Labute approximate surface area is 98.9 Å². The van der Waals surface area contributed by atoms with Crippen molar-refractivity contribution in [3.63, 3.8) is 0 Å². The summed E-state index contributed by atoms with van der Waals surface area (Å²) < 4.78 is 5.34. The van der Waals surface area contributed by atoms with E-state index in [-0.39, 0.29) is 12.2 Å². The first-order valence-electron chi connectivity index (χ1n) is 5.47. The zero-order valence-corrected chi connectivity index (χ0v) is 9.48. The van der Waals surface area contributed by atoms with Crippen LogP contribution in [0.4, 0.5) is 4.79 Å². The molecule has 1 saturated heterocycles. The molecular formula is C12H12ClNO2. The summed E-state index contributed by atoms with van der Waals surface area (Å²) >= 11 is 5.92. The van der Waals surface area contributed by atoms with E-state index in [1.807, 2.05) is 29.2 Å². The normalized spacial score (nSPS) is 24.7. The fourth-order valence-corrected chi connectivity index (χ4v) is 2.24. The Bertz CT molecular complexity index is 431. The lowest BCUT2D eigenvalue weighted by molar-refractivity contribution is 0.132. The molecule has 3 nitrogen and oxygen atoms in total. The summed E-state index contributed by atoms with van der Waals surface area (Å²) in [5.74, 6) is 0. The van der Waals surface area contributed by atoms with Gasteiger partial charge in [0.2, 0.25) is 0 Å². The Hall–Kier alpha value is -1.22. The quantitative estimate of drug-likeness (QED) is 0.792. The minimum Gasteiger partial charge on any atom is -0.439 e. The Morgan fingerprint density at radius 1 is 1.38 bits per heavy atom. The van der Waals surface area contributed by atoms with Gasteiger partial charge in [0, 0.05) is 11.1 Å². The molecule has 1 heterocycles. The number of benzene rings is 1. The highest BCUT2D eigenvalue weighted by Gasteiger charge is 2.41. The summed E-state index contributed by atoms with van der Waals surface area (Å²) in [6.45, 7) is 0.657. The molecule has 1 saturated carbocycles. The van der Waals surface area contributed by atoms with E-state index in [0.717, 1.165) is 18.4 Å². The summed E-state index contributed by atoms with van der Waals surface area (Å²) in [7, 11) is 0. The predicted molar refractivity (Wildman–Crippen MR) is 60.4 cm³/mol. The second-order valence-corrected chi connectivity index (χ2v) is 4.75. The van der Waals surface area contributed by atoms with E-state index >= 15 is 0 Å². The highest BCUT2D eigenvalue weighted by molar-refractivity contribution is 6.30. The third kappa shape index (κ3) is 1.76. The number of nitrogens with zero attached hydrogens (tertiary/aromatic N) is 1. The molecule has 2 fully saturated rings. The number of halogens is 1. The van der Waals surface area contributed by atoms with Crippen molar-refractivity contribution in [2.45, 2.75) is 25.0 Å². The smallest absolute Gasteiger partial charge is 0.410 e. The number of amides is 1. The minimum absolute atomic E-state index is 0.160. The molecule has 1 aromatic carbocycles. The van der Waals surface area contributed by atoms with Gasteiger partial charge in [-0.3, -0.25) is 0 Å². The maximum absolute atomic E-state index is 11.6. The van der Waals surface area contributed by atoms with E-state index < -0.39 is 0 Å². The molecule has 16 heavy (non-hydrogen) atoms. The second-order valence-electron chi connectivity index (χ2n) is 4.31. The first-order chi connectivity index (χ1) is 7.74. The summed E-state index contributed by atoms with van der Waals surface area (Å²) in [5, 5.41) is 0.679. The van der Waals surface area contributed by atoms with Gasteiger partial charge in [-0.05, 0) is 30.5 Å². The molecule has 0 aromatic heterocycles. The maximum atomic E-state index is 11.6. The lowest BCUT2D eigenvalue weighted by Gasteiger charge is -2.10. The summed E-state index contributed by atoms with van der Waals surface area (Å²) in [5.41, 5.74) is 0.976. The van der Waals surface area contributed by atoms with E-state index in [0.29, 0.717) is 17.6 Å². The van der Waals surface area contributed by atoms with E-state index in [1.165, 1.54) is 0 Å². The molecule has 0 radical (unpaired) electrons. The highest BCUT2D eigenvalue weighted by Crippen LogP contribution is 2.35. The van der Waals surface area contributed by atoms with Crippen molar-refractivity contribution < 1.29 is 9.53 Å². The first-order valence-corrected chi connectivity index (χ1v) is 5.84. The number of rotatable bonds is 2. The predicted octanol–water partition coefficient (Wildman–Crippen LogP) is 3.00. The van der Waals surface area contributed by atoms with Crippen LogP contribution >= 0.6 is 11.6 Å². The minimum atomic E-state index is -0.188. The summed E-state index contributed by atoms with van der Waals surface area (Å²) in [6.07, 6.45) is 1.87. The van der Waals surface area contributed by atoms with Crippen molar-refractivity contribution in [3.8, 4) is 0 Å². The Morgan fingerprint density at radius 2 is 2.19 bits per heavy atom. The van der Waals surface area contributed by atoms with Gasteiger partial charge in [-0.25, -0.2) is 4.79 Å². The van der Waals surface area contributed by atoms with Gasteiger partial charge in [-0.1, -0.05) is 23.7 Å². The Morgan fingerprint density at radius 3 is 2.88 bits per heavy atom. The maximum Gasteiger partial charge on any atom is 0.410 e. The van der Waals surface area contributed by atoms with Crippen LogP contribution in [0.2, 0.25) is 5.02 Å². The van der Waals surface area contributed by atoms with Gasteiger partial charge in [-0.2, -0.15) is 0 Å². The van der Waals surface area contributed by atoms with Gasteiger partial charge in [0.05, 0.1) is 6.54 Å². The van der Waals surface area contributed by atoms with Crippen molar-refractivity contribution in [2.24, 2.45) is 0 Å². The number of carbonyl (C=O) groups excluding carboxylic acids is 1.